The molecule has 0 amide bonds. The Kier molecular flexibility index (Phi) is 5.99. The molecule has 0 heterocycles. The van der Waals surface area contributed by atoms with Crippen LogP contribution < -0.4 is 5.32 Å². The van der Waals surface area contributed by atoms with Crippen LogP contribution in [0.25, 0.3) is 0 Å². The van der Waals surface area contributed by atoms with E-state index in [0.29, 0.717) is 6.07 Å². The summed E-state index contributed by atoms with van der Waals surface area (Å²) in [6, 6.07) is 2.16. The predicted molar refractivity (Wildman–Crippen MR) is 64.9 cm³/mol. The van der Waals surface area contributed by atoms with Crippen molar-refractivity contribution < 1.29 is 31.8 Å². The minimum Gasteiger partial charge on any atom is -0.480 e. The lowest BCUT2D eigenvalue weighted by Crippen LogP contribution is -2.28. The van der Waals surface area contributed by atoms with Gasteiger partial charge in [0.1, 0.15) is 29.0 Å². The van der Waals surface area contributed by atoms with Crippen molar-refractivity contribution in [1.29, 1.82) is 0 Å². The Morgan fingerprint density at radius 1 is 1.35 bits per heavy atom. The van der Waals surface area contributed by atoms with Gasteiger partial charge in [-0.25, -0.2) is 22.0 Å². The zero-order chi connectivity index (χ0) is 15.2. The Morgan fingerprint density at radius 3 is 2.70 bits per heavy atom. The van der Waals surface area contributed by atoms with E-state index in [4.69, 9.17) is 5.11 Å². The standard InChI is InChI=1S/C11H13F2NO5S/c12-8-1-2-9(13)10(5-8)20(17,18)7-14-3-4-19-6-11(15)16/h1-2,5,14H,3-4,6-7H2,(H,15,16). The van der Waals surface area contributed by atoms with Gasteiger partial charge in [-0.15, -0.1) is 0 Å². The first-order valence-corrected chi connectivity index (χ1v) is 7.16. The van der Waals surface area contributed by atoms with Gasteiger partial charge in [0.05, 0.1) is 6.61 Å². The number of hydrogen-bond acceptors (Lipinski definition) is 5. The van der Waals surface area contributed by atoms with Crippen LogP contribution in [0.1, 0.15) is 0 Å². The Labute approximate surface area is 114 Å². The highest BCUT2D eigenvalue weighted by atomic mass is 32.2. The fourth-order valence-electron chi connectivity index (χ4n) is 1.30. The maximum Gasteiger partial charge on any atom is 0.329 e. The molecular formula is C11H13F2NO5S. The Bertz CT molecular complexity index is 576. The van der Waals surface area contributed by atoms with E-state index in [9.17, 15) is 22.0 Å². The predicted octanol–water partition coefficient (Wildman–Crippen LogP) is 0.387. The number of halogens is 2. The molecule has 20 heavy (non-hydrogen) atoms. The molecule has 0 aliphatic rings. The molecular weight excluding hydrogens is 296 g/mol. The topological polar surface area (TPSA) is 92.7 Å². The van der Waals surface area contributed by atoms with Gasteiger partial charge in [-0.3, -0.25) is 0 Å². The number of carboxylic acids is 1. The smallest absolute Gasteiger partial charge is 0.329 e. The lowest BCUT2D eigenvalue weighted by molar-refractivity contribution is -0.142. The maximum absolute atomic E-state index is 13.3. The van der Waals surface area contributed by atoms with E-state index in [1.165, 1.54) is 0 Å². The van der Waals surface area contributed by atoms with E-state index in [-0.39, 0.29) is 13.2 Å². The SMILES string of the molecule is O=C(O)COCCNCS(=O)(=O)c1cc(F)ccc1F. The third kappa shape index (κ3) is 5.19. The van der Waals surface area contributed by atoms with Crippen LogP contribution in [0.2, 0.25) is 0 Å². The van der Waals surface area contributed by atoms with Crippen LogP contribution in [0.3, 0.4) is 0 Å². The normalized spacial score (nSPS) is 11.5. The van der Waals surface area contributed by atoms with Gasteiger partial charge >= 0.3 is 5.97 Å². The monoisotopic (exact) mass is 309 g/mol. The van der Waals surface area contributed by atoms with Crippen molar-refractivity contribution in [3.05, 3.63) is 29.8 Å². The summed E-state index contributed by atoms with van der Waals surface area (Å²) in [7, 11) is -4.01. The Hall–Kier alpha value is -1.58. The van der Waals surface area contributed by atoms with Crippen LogP contribution in [0.15, 0.2) is 23.1 Å². The third-order valence-electron chi connectivity index (χ3n) is 2.17. The van der Waals surface area contributed by atoms with Crippen LogP contribution in [-0.4, -0.2) is 45.1 Å². The summed E-state index contributed by atoms with van der Waals surface area (Å²) < 4.78 is 54.4. The number of rotatable bonds is 8. The van der Waals surface area contributed by atoms with Crippen molar-refractivity contribution in [3.63, 3.8) is 0 Å². The summed E-state index contributed by atoms with van der Waals surface area (Å²) in [6.45, 7) is -0.455. The molecule has 2 N–H and O–H groups in total. The average molecular weight is 309 g/mol. The van der Waals surface area contributed by atoms with Gasteiger partial charge < -0.3 is 15.2 Å². The minimum atomic E-state index is -4.01. The van der Waals surface area contributed by atoms with Gasteiger partial charge in [-0.1, -0.05) is 0 Å². The lowest BCUT2D eigenvalue weighted by Gasteiger charge is -2.07. The fourth-order valence-corrected chi connectivity index (χ4v) is 2.53. The Morgan fingerprint density at radius 2 is 2.05 bits per heavy atom. The second-order valence-electron chi connectivity index (χ2n) is 3.78. The molecule has 0 aliphatic heterocycles. The molecule has 0 saturated heterocycles. The van der Waals surface area contributed by atoms with Crippen LogP contribution in [0, 0.1) is 11.6 Å². The van der Waals surface area contributed by atoms with Gasteiger partial charge in [0.25, 0.3) is 0 Å². The minimum absolute atomic E-state index is 0.0204. The fraction of sp³-hybridized carbons (Fsp3) is 0.364. The highest BCUT2D eigenvalue weighted by Gasteiger charge is 2.19. The number of ether oxygens (including phenoxy) is 1. The highest BCUT2D eigenvalue weighted by molar-refractivity contribution is 7.91. The maximum atomic E-state index is 13.3. The summed E-state index contributed by atoms with van der Waals surface area (Å²) in [5.41, 5.74) is 0. The number of hydrogen-bond donors (Lipinski definition) is 2. The number of carboxylic acid groups (broad SMARTS) is 1. The van der Waals surface area contributed by atoms with Crippen molar-refractivity contribution in [2.75, 3.05) is 25.6 Å². The third-order valence-corrected chi connectivity index (χ3v) is 3.74. The van der Waals surface area contributed by atoms with Crippen LogP contribution >= 0.6 is 0 Å². The average Bonchev–Trinajstić information content (AvgIpc) is 2.36. The van der Waals surface area contributed by atoms with E-state index >= 15 is 0 Å². The van der Waals surface area contributed by atoms with Crippen molar-refractivity contribution >= 4 is 15.8 Å². The first-order chi connectivity index (χ1) is 9.33. The zero-order valence-corrected chi connectivity index (χ0v) is 11.1. The van der Waals surface area contributed by atoms with Crippen LogP contribution in [0.4, 0.5) is 8.78 Å². The molecule has 0 radical (unpaired) electrons. The second-order valence-corrected chi connectivity index (χ2v) is 5.74. The van der Waals surface area contributed by atoms with E-state index in [2.05, 4.69) is 10.1 Å². The lowest BCUT2D eigenvalue weighted by atomic mass is 10.3. The zero-order valence-electron chi connectivity index (χ0n) is 10.3. The molecule has 0 unspecified atom stereocenters. The summed E-state index contributed by atoms with van der Waals surface area (Å²) >= 11 is 0. The summed E-state index contributed by atoms with van der Waals surface area (Å²) in [4.78, 5) is 9.40. The molecule has 0 aromatic heterocycles. The van der Waals surface area contributed by atoms with E-state index < -0.39 is 44.8 Å². The van der Waals surface area contributed by atoms with Gasteiger partial charge in [0.15, 0.2) is 9.84 Å². The van der Waals surface area contributed by atoms with Gasteiger partial charge in [-0.05, 0) is 18.2 Å². The van der Waals surface area contributed by atoms with E-state index in [1.54, 1.807) is 0 Å². The molecule has 1 rings (SSSR count). The summed E-state index contributed by atoms with van der Waals surface area (Å²) in [5, 5.41) is 10.7. The number of carbonyl (C=O) groups is 1. The van der Waals surface area contributed by atoms with Gasteiger partial charge in [-0.2, -0.15) is 0 Å². The summed E-state index contributed by atoms with van der Waals surface area (Å²) in [5.74, 6) is -3.63. The molecule has 1 aromatic carbocycles. The van der Waals surface area contributed by atoms with Gasteiger partial charge in [0.2, 0.25) is 0 Å². The molecule has 0 bridgehead atoms. The van der Waals surface area contributed by atoms with Crippen LogP contribution in [0.5, 0.6) is 0 Å². The van der Waals surface area contributed by atoms with Gasteiger partial charge in [0, 0.05) is 6.54 Å². The molecule has 0 atom stereocenters. The molecule has 0 fully saturated rings. The first-order valence-electron chi connectivity index (χ1n) is 5.51. The summed E-state index contributed by atoms with van der Waals surface area (Å²) in [6.07, 6.45) is 0. The van der Waals surface area contributed by atoms with Crippen molar-refractivity contribution in [3.8, 4) is 0 Å². The van der Waals surface area contributed by atoms with Crippen molar-refractivity contribution in [2.45, 2.75) is 4.90 Å². The largest absolute Gasteiger partial charge is 0.480 e. The molecule has 0 saturated carbocycles. The molecule has 0 spiro atoms. The molecule has 112 valence electrons. The van der Waals surface area contributed by atoms with Crippen molar-refractivity contribution in [1.82, 2.24) is 5.32 Å². The quantitative estimate of drug-likeness (QED) is 0.675. The molecule has 6 nitrogen and oxygen atoms in total. The molecule has 1 aromatic rings. The number of aliphatic carboxylic acids is 1. The second kappa shape index (κ2) is 7.27. The number of sulfone groups is 1. The van der Waals surface area contributed by atoms with E-state index in [1.807, 2.05) is 0 Å². The molecule has 0 aliphatic carbocycles. The Balaban J connectivity index is 2.50. The number of nitrogens with one attached hydrogen (secondary N) is 1. The highest BCUT2D eigenvalue weighted by Crippen LogP contribution is 2.16. The number of benzene rings is 1. The van der Waals surface area contributed by atoms with E-state index in [0.717, 1.165) is 12.1 Å². The first kappa shape index (κ1) is 16.5. The van der Waals surface area contributed by atoms with Crippen molar-refractivity contribution in [2.24, 2.45) is 0 Å². The molecule has 9 heteroatoms. The van der Waals surface area contributed by atoms with Crippen LogP contribution in [-0.2, 0) is 19.4 Å².